The summed E-state index contributed by atoms with van der Waals surface area (Å²) in [4.78, 5) is 12.7. The number of hydrogen-bond donors (Lipinski definition) is 1. The van der Waals surface area contributed by atoms with Gasteiger partial charge in [-0.15, -0.1) is 0 Å². The molecule has 2 aromatic carbocycles. The van der Waals surface area contributed by atoms with Crippen molar-refractivity contribution in [3.05, 3.63) is 59.7 Å². The maximum Gasteiger partial charge on any atom is 0.331 e. The van der Waals surface area contributed by atoms with E-state index in [1.54, 1.807) is 33.5 Å². The van der Waals surface area contributed by atoms with Crippen molar-refractivity contribution in [3.63, 3.8) is 0 Å². The molecule has 6 nitrogen and oxygen atoms in total. The van der Waals surface area contributed by atoms with Crippen LogP contribution in [0.1, 0.15) is 24.0 Å². The van der Waals surface area contributed by atoms with E-state index in [2.05, 4.69) is 5.32 Å². The SMILES string of the molecule is COc1ccc(/C=C/C(=O)OC2(c3ccccc3)CCNCC2)c(OC)c1OC. The molecule has 6 heteroatoms. The highest BCUT2D eigenvalue weighted by Crippen LogP contribution is 2.40. The van der Waals surface area contributed by atoms with Crippen LogP contribution >= 0.6 is 0 Å². The summed E-state index contributed by atoms with van der Waals surface area (Å²) in [5, 5.41) is 3.33. The average Bonchev–Trinajstić information content (AvgIpc) is 2.78. The first kappa shape index (κ1) is 20.7. The van der Waals surface area contributed by atoms with E-state index in [1.165, 1.54) is 6.08 Å². The van der Waals surface area contributed by atoms with Crippen molar-refractivity contribution in [2.24, 2.45) is 0 Å². The average molecular weight is 397 g/mol. The molecule has 0 aliphatic carbocycles. The molecule has 0 bridgehead atoms. The molecule has 0 unspecified atom stereocenters. The molecule has 3 rings (SSSR count). The van der Waals surface area contributed by atoms with Gasteiger partial charge in [-0.05, 0) is 36.9 Å². The van der Waals surface area contributed by atoms with Gasteiger partial charge >= 0.3 is 5.97 Å². The molecule has 0 atom stereocenters. The van der Waals surface area contributed by atoms with Gasteiger partial charge in [0.1, 0.15) is 5.60 Å². The Morgan fingerprint density at radius 3 is 2.24 bits per heavy atom. The number of piperidine rings is 1. The van der Waals surface area contributed by atoms with E-state index in [0.29, 0.717) is 22.8 Å². The fraction of sp³-hybridized carbons (Fsp3) is 0.348. The number of carbonyl (C=O) groups is 1. The predicted molar refractivity (Wildman–Crippen MR) is 111 cm³/mol. The van der Waals surface area contributed by atoms with E-state index in [-0.39, 0.29) is 0 Å². The Morgan fingerprint density at radius 1 is 0.931 bits per heavy atom. The second-order valence-electron chi connectivity index (χ2n) is 6.79. The Labute approximate surface area is 171 Å². The highest BCUT2D eigenvalue weighted by molar-refractivity contribution is 5.88. The summed E-state index contributed by atoms with van der Waals surface area (Å²) in [5.41, 5.74) is 1.10. The molecule has 0 spiro atoms. The first-order valence-electron chi connectivity index (χ1n) is 9.60. The summed E-state index contributed by atoms with van der Waals surface area (Å²) in [6.45, 7) is 1.60. The van der Waals surface area contributed by atoms with Crippen molar-refractivity contribution in [1.29, 1.82) is 0 Å². The third-order valence-electron chi connectivity index (χ3n) is 5.14. The molecule has 1 heterocycles. The van der Waals surface area contributed by atoms with Gasteiger partial charge in [-0.1, -0.05) is 30.3 Å². The minimum absolute atomic E-state index is 0.396. The Kier molecular flexibility index (Phi) is 6.77. The molecule has 0 radical (unpaired) electrons. The van der Waals surface area contributed by atoms with E-state index in [1.807, 2.05) is 36.4 Å². The first-order valence-corrected chi connectivity index (χ1v) is 9.60. The van der Waals surface area contributed by atoms with Crippen LogP contribution in [0.5, 0.6) is 17.2 Å². The van der Waals surface area contributed by atoms with Crippen molar-refractivity contribution in [3.8, 4) is 17.2 Å². The number of rotatable bonds is 7. The van der Waals surface area contributed by atoms with Crippen LogP contribution in [-0.2, 0) is 15.1 Å². The van der Waals surface area contributed by atoms with Crippen LogP contribution in [0.15, 0.2) is 48.5 Å². The maximum absolute atomic E-state index is 12.7. The largest absolute Gasteiger partial charge is 0.493 e. The molecule has 1 saturated heterocycles. The van der Waals surface area contributed by atoms with E-state index in [9.17, 15) is 4.79 Å². The summed E-state index contributed by atoms with van der Waals surface area (Å²) in [6.07, 6.45) is 4.56. The van der Waals surface area contributed by atoms with Gasteiger partial charge in [0.05, 0.1) is 21.3 Å². The van der Waals surface area contributed by atoms with E-state index in [0.717, 1.165) is 31.5 Å². The Morgan fingerprint density at radius 2 is 1.62 bits per heavy atom. The highest BCUT2D eigenvalue weighted by Gasteiger charge is 2.37. The lowest BCUT2D eigenvalue weighted by atomic mass is 9.85. The minimum atomic E-state index is -0.615. The number of benzene rings is 2. The predicted octanol–water partition coefficient (Wildman–Crippen LogP) is 3.55. The van der Waals surface area contributed by atoms with Gasteiger partial charge in [0.25, 0.3) is 0 Å². The third-order valence-corrected chi connectivity index (χ3v) is 5.14. The standard InChI is InChI=1S/C23H27NO5/c1-26-19-11-9-17(21(27-2)22(19)28-3)10-12-20(25)29-23(13-15-24-16-14-23)18-7-5-4-6-8-18/h4-12,24H,13-16H2,1-3H3/b12-10+. The van der Waals surface area contributed by atoms with Crippen molar-refractivity contribution in [1.82, 2.24) is 5.32 Å². The lowest BCUT2D eigenvalue weighted by Gasteiger charge is -2.37. The molecule has 1 aliphatic heterocycles. The van der Waals surface area contributed by atoms with Crippen LogP contribution < -0.4 is 19.5 Å². The van der Waals surface area contributed by atoms with E-state index in [4.69, 9.17) is 18.9 Å². The van der Waals surface area contributed by atoms with Crippen LogP contribution in [0.4, 0.5) is 0 Å². The van der Waals surface area contributed by atoms with Crippen LogP contribution in [0.2, 0.25) is 0 Å². The van der Waals surface area contributed by atoms with Crippen molar-refractivity contribution < 1.29 is 23.7 Å². The molecular weight excluding hydrogens is 370 g/mol. The zero-order valence-corrected chi connectivity index (χ0v) is 17.1. The molecule has 0 aromatic heterocycles. The smallest absolute Gasteiger partial charge is 0.331 e. The zero-order chi connectivity index (χ0) is 20.7. The first-order chi connectivity index (χ1) is 14.1. The number of nitrogens with one attached hydrogen (secondary N) is 1. The quantitative estimate of drug-likeness (QED) is 0.569. The Hall–Kier alpha value is -2.99. The van der Waals surface area contributed by atoms with Crippen LogP contribution in [0, 0.1) is 0 Å². The second kappa shape index (κ2) is 9.47. The number of methoxy groups -OCH3 is 3. The van der Waals surface area contributed by atoms with Gasteiger partial charge in [0.2, 0.25) is 5.75 Å². The fourth-order valence-electron chi connectivity index (χ4n) is 3.66. The van der Waals surface area contributed by atoms with E-state index < -0.39 is 11.6 Å². The third kappa shape index (κ3) is 4.54. The van der Waals surface area contributed by atoms with Gasteiger partial charge < -0.3 is 24.3 Å². The highest BCUT2D eigenvalue weighted by atomic mass is 16.6. The summed E-state index contributed by atoms with van der Waals surface area (Å²) in [7, 11) is 4.65. The van der Waals surface area contributed by atoms with Gasteiger partial charge in [0.15, 0.2) is 11.5 Å². The molecule has 154 valence electrons. The molecule has 1 fully saturated rings. The molecule has 2 aromatic rings. The number of carbonyl (C=O) groups excluding carboxylic acids is 1. The van der Waals surface area contributed by atoms with Gasteiger partial charge in [-0.3, -0.25) is 0 Å². The molecule has 1 N–H and O–H groups in total. The van der Waals surface area contributed by atoms with Gasteiger partial charge in [-0.25, -0.2) is 4.79 Å². The normalized spacial score (nSPS) is 15.7. The van der Waals surface area contributed by atoms with Gasteiger partial charge in [0, 0.05) is 24.5 Å². The second-order valence-corrected chi connectivity index (χ2v) is 6.79. The van der Waals surface area contributed by atoms with Crippen LogP contribution in [0.3, 0.4) is 0 Å². The topological polar surface area (TPSA) is 66.0 Å². The van der Waals surface area contributed by atoms with Crippen molar-refractivity contribution >= 4 is 12.0 Å². The molecule has 1 aliphatic rings. The van der Waals surface area contributed by atoms with Crippen molar-refractivity contribution in [2.75, 3.05) is 34.4 Å². The summed E-state index contributed by atoms with van der Waals surface area (Å²) >= 11 is 0. The maximum atomic E-state index is 12.7. The molecule has 0 saturated carbocycles. The number of ether oxygens (including phenoxy) is 4. The molecule has 29 heavy (non-hydrogen) atoms. The van der Waals surface area contributed by atoms with Crippen LogP contribution in [0.25, 0.3) is 6.08 Å². The van der Waals surface area contributed by atoms with Crippen LogP contribution in [-0.4, -0.2) is 40.4 Å². The number of esters is 1. The van der Waals surface area contributed by atoms with Gasteiger partial charge in [-0.2, -0.15) is 0 Å². The zero-order valence-electron chi connectivity index (χ0n) is 17.1. The summed E-state index contributed by atoms with van der Waals surface area (Å²) < 4.78 is 22.2. The Bertz CT molecular complexity index is 857. The van der Waals surface area contributed by atoms with Crippen molar-refractivity contribution in [2.45, 2.75) is 18.4 Å². The summed E-state index contributed by atoms with van der Waals surface area (Å²) in [6, 6.07) is 13.5. The Balaban J connectivity index is 1.83. The molecular formula is C23H27NO5. The monoisotopic (exact) mass is 397 g/mol. The molecule has 0 amide bonds. The lowest BCUT2D eigenvalue weighted by Crippen LogP contribution is -2.42. The summed E-state index contributed by atoms with van der Waals surface area (Å²) in [5.74, 6) is 1.13. The fourth-order valence-corrected chi connectivity index (χ4v) is 3.66. The number of hydrogen-bond acceptors (Lipinski definition) is 6. The minimum Gasteiger partial charge on any atom is -0.493 e. The van der Waals surface area contributed by atoms with E-state index >= 15 is 0 Å². The lowest BCUT2D eigenvalue weighted by molar-refractivity contribution is -0.157.